The van der Waals surface area contributed by atoms with E-state index in [1.165, 1.54) is 4.90 Å². The van der Waals surface area contributed by atoms with Crippen molar-refractivity contribution in [1.29, 1.82) is 0 Å². The van der Waals surface area contributed by atoms with E-state index in [2.05, 4.69) is 0 Å². The summed E-state index contributed by atoms with van der Waals surface area (Å²) in [5.74, 6) is -0.503. The first-order valence-corrected chi connectivity index (χ1v) is 6.56. The van der Waals surface area contributed by atoms with Crippen LogP contribution in [0.5, 0.6) is 0 Å². The number of aliphatic carboxylic acids is 1. The van der Waals surface area contributed by atoms with Gasteiger partial charge in [-0.2, -0.15) is 11.8 Å². The number of carbonyl (C=O) groups is 2. The molecule has 0 aliphatic heterocycles. The molecule has 0 bridgehead atoms. The minimum atomic E-state index is -1.01. The molecule has 3 N–H and O–H groups in total. The van der Waals surface area contributed by atoms with E-state index in [0.29, 0.717) is 6.42 Å². The minimum Gasteiger partial charge on any atom is -0.480 e. The van der Waals surface area contributed by atoms with Gasteiger partial charge in [0.15, 0.2) is 0 Å². The fraction of sp³-hybridized carbons (Fsp3) is 0.800. The van der Waals surface area contributed by atoms with Crippen molar-refractivity contribution in [2.45, 2.75) is 32.4 Å². The van der Waals surface area contributed by atoms with Gasteiger partial charge < -0.3 is 15.7 Å². The van der Waals surface area contributed by atoms with Crippen molar-refractivity contribution in [2.75, 3.05) is 18.6 Å². The smallest absolute Gasteiger partial charge is 0.323 e. The van der Waals surface area contributed by atoms with Gasteiger partial charge in [0.1, 0.15) is 6.54 Å². The molecule has 1 atom stereocenters. The molecule has 0 unspecified atom stereocenters. The van der Waals surface area contributed by atoms with Crippen molar-refractivity contribution in [1.82, 2.24) is 4.90 Å². The van der Waals surface area contributed by atoms with Gasteiger partial charge in [0.25, 0.3) is 0 Å². The Bertz CT molecular complexity index is 246. The molecule has 5 nitrogen and oxygen atoms in total. The Labute approximate surface area is 100 Å². The van der Waals surface area contributed by atoms with E-state index in [1.807, 2.05) is 6.26 Å². The predicted molar refractivity (Wildman–Crippen MR) is 65.5 cm³/mol. The summed E-state index contributed by atoms with van der Waals surface area (Å²) in [4.78, 5) is 23.8. The summed E-state index contributed by atoms with van der Waals surface area (Å²) in [6.45, 7) is 3.27. The molecule has 0 aromatic heterocycles. The standard InChI is InChI=1S/C10H20N2O3S/c1-7(2)12(6-9(13)14)10(15)8(11)4-5-16-3/h7-8H,4-6,11H2,1-3H3,(H,13,14)/t8-/m0/s1. The van der Waals surface area contributed by atoms with E-state index in [-0.39, 0.29) is 18.5 Å². The van der Waals surface area contributed by atoms with Crippen LogP contribution in [0.3, 0.4) is 0 Å². The highest BCUT2D eigenvalue weighted by Crippen LogP contribution is 2.05. The highest BCUT2D eigenvalue weighted by molar-refractivity contribution is 7.98. The van der Waals surface area contributed by atoms with Crippen LogP contribution in [0.15, 0.2) is 0 Å². The van der Waals surface area contributed by atoms with E-state index in [1.54, 1.807) is 25.6 Å². The molecule has 0 aromatic carbocycles. The second-order valence-corrected chi connectivity index (χ2v) is 4.83. The number of amides is 1. The van der Waals surface area contributed by atoms with Crippen LogP contribution < -0.4 is 5.73 Å². The number of thioether (sulfide) groups is 1. The number of rotatable bonds is 7. The number of hydrogen-bond acceptors (Lipinski definition) is 4. The Morgan fingerprint density at radius 3 is 2.38 bits per heavy atom. The maximum atomic E-state index is 11.9. The normalized spacial score (nSPS) is 12.6. The largest absolute Gasteiger partial charge is 0.480 e. The summed E-state index contributed by atoms with van der Waals surface area (Å²) in [6.07, 6.45) is 2.51. The first-order valence-electron chi connectivity index (χ1n) is 5.17. The van der Waals surface area contributed by atoms with Gasteiger partial charge in [0, 0.05) is 6.04 Å². The SMILES string of the molecule is CSCC[C@H](N)C(=O)N(CC(=O)O)C(C)C. The molecule has 16 heavy (non-hydrogen) atoms. The van der Waals surface area contributed by atoms with Crippen LogP contribution in [-0.4, -0.2) is 52.5 Å². The number of nitrogens with two attached hydrogens (primary N) is 1. The van der Waals surface area contributed by atoms with Gasteiger partial charge in [-0.1, -0.05) is 0 Å². The number of hydrogen-bond donors (Lipinski definition) is 2. The highest BCUT2D eigenvalue weighted by atomic mass is 32.2. The minimum absolute atomic E-state index is 0.149. The van der Waals surface area contributed by atoms with Gasteiger partial charge in [-0.15, -0.1) is 0 Å². The fourth-order valence-electron chi connectivity index (χ4n) is 1.24. The number of carbonyl (C=O) groups excluding carboxylic acids is 1. The van der Waals surface area contributed by atoms with Crippen LogP contribution in [0.4, 0.5) is 0 Å². The average molecular weight is 248 g/mol. The van der Waals surface area contributed by atoms with Gasteiger partial charge in [-0.3, -0.25) is 9.59 Å². The van der Waals surface area contributed by atoms with Crippen molar-refractivity contribution >= 4 is 23.6 Å². The van der Waals surface area contributed by atoms with Crippen molar-refractivity contribution in [2.24, 2.45) is 5.73 Å². The Kier molecular flexibility index (Phi) is 7.16. The molecule has 94 valence electrons. The quantitative estimate of drug-likeness (QED) is 0.681. The zero-order valence-electron chi connectivity index (χ0n) is 9.97. The monoisotopic (exact) mass is 248 g/mol. The number of carboxylic acids is 1. The Hall–Kier alpha value is -0.750. The molecule has 0 aliphatic carbocycles. The summed E-state index contributed by atoms with van der Waals surface area (Å²) in [5, 5.41) is 8.70. The summed E-state index contributed by atoms with van der Waals surface area (Å²) < 4.78 is 0. The molecule has 0 radical (unpaired) electrons. The zero-order chi connectivity index (χ0) is 12.7. The Morgan fingerprint density at radius 2 is 2.00 bits per heavy atom. The van der Waals surface area contributed by atoms with E-state index >= 15 is 0 Å². The molecule has 1 amide bonds. The summed E-state index contributed by atoms with van der Waals surface area (Å²) >= 11 is 1.61. The van der Waals surface area contributed by atoms with Crippen molar-refractivity contribution in [3.05, 3.63) is 0 Å². The van der Waals surface area contributed by atoms with Crippen LogP contribution in [0.25, 0.3) is 0 Å². The van der Waals surface area contributed by atoms with Crippen LogP contribution in [0, 0.1) is 0 Å². The van der Waals surface area contributed by atoms with Crippen molar-refractivity contribution in [3.63, 3.8) is 0 Å². The molecular formula is C10H20N2O3S. The lowest BCUT2D eigenvalue weighted by Gasteiger charge is -2.27. The van der Waals surface area contributed by atoms with Gasteiger partial charge in [0.2, 0.25) is 5.91 Å². The lowest BCUT2D eigenvalue weighted by Crippen LogP contribution is -2.49. The first kappa shape index (κ1) is 15.2. The van der Waals surface area contributed by atoms with Crippen molar-refractivity contribution in [3.8, 4) is 0 Å². The van der Waals surface area contributed by atoms with Gasteiger partial charge in [0.05, 0.1) is 6.04 Å². The number of nitrogens with zero attached hydrogens (tertiary/aromatic N) is 1. The second-order valence-electron chi connectivity index (χ2n) is 3.84. The highest BCUT2D eigenvalue weighted by Gasteiger charge is 2.24. The fourth-order valence-corrected chi connectivity index (χ4v) is 1.73. The molecule has 0 saturated carbocycles. The van der Waals surface area contributed by atoms with Crippen molar-refractivity contribution < 1.29 is 14.7 Å². The van der Waals surface area contributed by atoms with Gasteiger partial charge in [-0.25, -0.2) is 0 Å². The number of carboxylic acid groups (broad SMARTS) is 1. The van der Waals surface area contributed by atoms with Gasteiger partial charge >= 0.3 is 5.97 Å². The Balaban J connectivity index is 4.42. The maximum Gasteiger partial charge on any atom is 0.323 e. The molecular weight excluding hydrogens is 228 g/mol. The van der Waals surface area contributed by atoms with Crippen LogP contribution >= 0.6 is 11.8 Å². The maximum absolute atomic E-state index is 11.9. The van der Waals surface area contributed by atoms with E-state index in [0.717, 1.165) is 5.75 Å². The Morgan fingerprint density at radius 1 is 1.44 bits per heavy atom. The summed E-state index contributed by atoms with van der Waals surface area (Å²) in [5.41, 5.74) is 5.72. The summed E-state index contributed by atoms with van der Waals surface area (Å²) in [6, 6.07) is -0.752. The van der Waals surface area contributed by atoms with Crippen LogP contribution in [0.1, 0.15) is 20.3 Å². The molecule has 0 fully saturated rings. The third kappa shape index (κ3) is 5.37. The third-order valence-corrected chi connectivity index (χ3v) is 2.81. The third-order valence-electron chi connectivity index (χ3n) is 2.16. The first-order chi connectivity index (χ1) is 7.40. The average Bonchev–Trinajstić information content (AvgIpc) is 2.20. The zero-order valence-corrected chi connectivity index (χ0v) is 10.8. The molecule has 0 aliphatic rings. The predicted octanol–water partition coefficient (Wildman–Crippen LogP) is 0.388. The van der Waals surface area contributed by atoms with E-state index in [9.17, 15) is 9.59 Å². The van der Waals surface area contributed by atoms with E-state index in [4.69, 9.17) is 10.8 Å². The second kappa shape index (κ2) is 7.51. The molecule has 0 spiro atoms. The molecule has 0 heterocycles. The molecule has 0 rings (SSSR count). The molecule has 0 aromatic rings. The molecule has 0 saturated heterocycles. The van der Waals surface area contributed by atoms with Gasteiger partial charge in [-0.05, 0) is 32.3 Å². The summed E-state index contributed by atoms with van der Waals surface area (Å²) in [7, 11) is 0. The van der Waals surface area contributed by atoms with Crippen LogP contribution in [0.2, 0.25) is 0 Å². The molecule has 6 heteroatoms. The lowest BCUT2D eigenvalue weighted by molar-refractivity contribution is -0.146. The topological polar surface area (TPSA) is 83.6 Å². The lowest BCUT2D eigenvalue weighted by atomic mass is 10.2. The van der Waals surface area contributed by atoms with E-state index < -0.39 is 12.0 Å². The van der Waals surface area contributed by atoms with Crippen LogP contribution in [-0.2, 0) is 9.59 Å².